The summed E-state index contributed by atoms with van der Waals surface area (Å²) in [6, 6.07) is 6.13. The molecule has 3 rings (SSSR count). The lowest BCUT2D eigenvalue weighted by atomic mass is 9.80. The molecular formula is C18H26ClF3N2. The number of halogens is 4. The van der Waals surface area contributed by atoms with Crippen molar-refractivity contribution in [2.75, 3.05) is 26.2 Å². The minimum atomic E-state index is -4.27. The molecule has 2 aliphatic rings. The van der Waals surface area contributed by atoms with E-state index in [4.69, 9.17) is 0 Å². The highest BCUT2D eigenvalue weighted by atomic mass is 35.5. The molecule has 0 spiro atoms. The summed E-state index contributed by atoms with van der Waals surface area (Å²) in [5, 5.41) is 3.34. The maximum Gasteiger partial charge on any atom is 0.416 e. The molecule has 0 aromatic heterocycles. The van der Waals surface area contributed by atoms with Crippen LogP contribution in [0.2, 0.25) is 0 Å². The second-order valence-electron chi connectivity index (χ2n) is 6.75. The molecule has 0 radical (unpaired) electrons. The van der Waals surface area contributed by atoms with Crippen LogP contribution in [0.15, 0.2) is 24.3 Å². The van der Waals surface area contributed by atoms with Crippen molar-refractivity contribution in [3.05, 3.63) is 35.4 Å². The number of rotatable bonds is 3. The summed E-state index contributed by atoms with van der Waals surface area (Å²) >= 11 is 0. The zero-order chi connectivity index (χ0) is 16.3. The van der Waals surface area contributed by atoms with Gasteiger partial charge in [-0.3, -0.25) is 4.90 Å². The lowest BCUT2D eigenvalue weighted by Gasteiger charge is -2.41. The molecule has 0 bridgehead atoms. The van der Waals surface area contributed by atoms with Crippen LogP contribution in [0.25, 0.3) is 0 Å². The smallest absolute Gasteiger partial charge is 0.314 e. The lowest BCUT2D eigenvalue weighted by Crippen LogP contribution is -2.47. The molecule has 6 heteroatoms. The highest BCUT2D eigenvalue weighted by molar-refractivity contribution is 5.85. The van der Waals surface area contributed by atoms with Gasteiger partial charge in [0.2, 0.25) is 0 Å². The summed E-state index contributed by atoms with van der Waals surface area (Å²) in [4.78, 5) is 2.39. The van der Waals surface area contributed by atoms with Crippen LogP contribution in [0, 0.1) is 5.92 Å². The topological polar surface area (TPSA) is 15.3 Å². The van der Waals surface area contributed by atoms with Crippen molar-refractivity contribution < 1.29 is 13.2 Å². The predicted molar refractivity (Wildman–Crippen MR) is 92.5 cm³/mol. The maximum absolute atomic E-state index is 13.1. The summed E-state index contributed by atoms with van der Waals surface area (Å²) in [6.07, 6.45) is 1.65. The number of nitrogens with zero attached hydrogens (tertiary/aromatic N) is 1. The largest absolute Gasteiger partial charge is 0.416 e. The van der Waals surface area contributed by atoms with Crippen LogP contribution in [0.4, 0.5) is 13.2 Å². The first-order chi connectivity index (χ1) is 11.1. The fourth-order valence-corrected chi connectivity index (χ4v) is 4.09. The van der Waals surface area contributed by atoms with Gasteiger partial charge >= 0.3 is 6.18 Å². The van der Waals surface area contributed by atoms with E-state index in [1.54, 1.807) is 6.07 Å². The maximum atomic E-state index is 13.1. The van der Waals surface area contributed by atoms with E-state index in [1.165, 1.54) is 31.4 Å². The van der Waals surface area contributed by atoms with Crippen LogP contribution in [0.5, 0.6) is 0 Å². The Balaban J connectivity index is 0.00000208. The van der Waals surface area contributed by atoms with E-state index in [1.807, 2.05) is 6.07 Å². The van der Waals surface area contributed by atoms with Gasteiger partial charge in [0.15, 0.2) is 0 Å². The second kappa shape index (κ2) is 8.54. The zero-order valence-electron chi connectivity index (χ0n) is 13.8. The van der Waals surface area contributed by atoms with Crippen molar-refractivity contribution in [1.82, 2.24) is 10.2 Å². The van der Waals surface area contributed by atoms with E-state index in [2.05, 4.69) is 10.2 Å². The molecule has 136 valence electrons. The molecule has 2 fully saturated rings. The van der Waals surface area contributed by atoms with Gasteiger partial charge in [-0.15, -0.1) is 12.4 Å². The number of hydrogen-bond donors (Lipinski definition) is 1. The molecule has 1 saturated carbocycles. The first-order valence-corrected chi connectivity index (χ1v) is 8.67. The van der Waals surface area contributed by atoms with Gasteiger partial charge in [-0.25, -0.2) is 0 Å². The highest BCUT2D eigenvalue weighted by Crippen LogP contribution is 2.40. The summed E-state index contributed by atoms with van der Waals surface area (Å²) in [6.45, 7) is 3.67. The van der Waals surface area contributed by atoms with Gasteiger partial charge in [-0.2, -0.15) is 13.2 Å². The predicted octanol–water partition coefficient (Wildman–Crippen LogP) is 4.65. The van der Waals surface area contributed by atoms with Crippen molar-refractivity contribution >= 4 is 12.4 Å². The molecule has 24 heavy (non-hydrogen) atoms. The molecule has 1 N–H and O–H groups in total. The van der Waals surface area contributed by atoms with Crippen molar-refractivity contribution in [1.29, 1.82) is 0 Å². The van der Waals surface area contributed by atoms with E-state index in [0.717, 1.165) is 44.6 Å². The number of alkyl halides is 3. The summed E-state index contributed by atoms with van der Waals surface area (Å²) in [5.41, 5.74) is 0.319. The third kappa shape index (κ3) is 4.64. The van der Waals surface area contributed by atoms with Crippen LogP contribution in [0.1, 0.15) is 49.3 Å². The molecule has 2 nitrogen and oxygen atoms in total. The van der Waals surface area contributed by atoms with Crippen molar-refractivity contribution in [3.63, 3.8) is 0 Å². The molecule has 1 aliphatic carbocycles. The van der Waals surface area contributed by atoms with E-state index in [0.29, 0.717) is 5.92 Å². The first kappa shape index (κ1) is 19.5. The standard InChI is InChI=1S/C18H25F3N2.ClH/c19-18(20,21)16-8-4-7-15(13-16)17(14-5-2-1-3-6-14)23-11-9-22-10-12-23;/h4,7-8,13-14,17,22H,1-3,5-6,9-12H2;1H/t17-;/m1./s1. The van der Waals surface area contributed by atoms with Crippen LogP contribution in [0.3, 0.4) is 0 Å². The lowest BCUT2D eigenvalue weighted by molar-refractivity contribution is -0.137. The van der Waals surface area contributed by atoms with Gasteiger partial charge in [-0.05, 0) is 36.5 Å². The van der Waals surface area contributed by atoms with Gasteiger partial charge in [0.25, 0.3) is 0 Å². The Kier molecular flexibility index (Phi) is 6.96. The first-order valence-electron chi connectivity index (χ1n) is 8.67. The summed E-state index contributed by atoms with van der Waals surface area (Å²) < 4.78 is 39.3. The van der Waals surface area contributed by atoms with E-state index in [9.17, 15) is 13.2 Å². The quantitative estimate of drug-likeness (QED) is 0.841. The minimum absolute atomic E-state index is 0. The fourth-order valence-electron chi connectivity index (χ4n) is 4.09. The Hall–Kier alpha value is -0.780. The highest BCUT2D eigenvalue weighted by Gasteiger charge is 2.34. The van der Waals surface area contributed by atoms with Gasteiger partial charge in [0, 0.05) is 32.2 Å². The number of benzene rings is 1. The molecule has 1 heterocycles. The minimum Gasteiger partial charge on any atom is -0.314 e. The third-order valence-electron chi connectivity index (χ3n) is 5.20. The fraction of sp³-hybridized carbons (Fsp3) is 0.667. The Bertz CT molecular complexity index is 491. The third-order valence-corrected chi connectivity index (χ3v) is 5.20. The average molecular weight is 363 g/mol. The number of hydrogen-bond acceptors (Lipinski definition) is 2. The number of piperazine rings is 1. The van der Waals surface area contributed by atoms with E-state index >= 15 is 0 Å². The van der Waals surface area contributed by atoms with Crippen molar-refractivity contribution in [2.45, 2.75) is 44.3 Å². The number of nitrogens with one attached hydrogen (secondary N) is 1. The molecule has 1 aromatic carbocycles. The SMILES string of the molecule is Cl.FC(F)(F)c1cccc([C@@H](C2CCCCC2)N2CCNCC2)c1. The zero-order valence-corrected chi connectivity index (χ0v) is 14.6. The Morgan fingerprint density at radius 2 is 1.71 bits per heavy atom. The normalized spacial score (nSPS) is 22.0. The van der Waals surface area contributed by atoms with Crippen molar-refractivity contribution in [3.8, 4) is 0 Å². The molecular weight excluding hydrogens is 337 g/mol. The molecule has 1 atom stereocenters. The van der Waals surface area contributed by atoms with E-state index in [-0.39, 0.29) is 18.4 Å². The molecule has 0 unspecified atom stereocenters. The Morgan fingerprint density at radius 3 is 2.33 bits per heavy atom. The van der Waals surface area contributed by atoms with Gasteiger partial charge in [-0.1, -0.05) is 31.4 Å². The molecule has 0 amide bonds. The van der Waals surface area contributed by atoms with Crippen LogP contribution in [-0.2, 0) is 6.18 Å². The van der Waals surface area contributed by atoms with Crippen LogP contribution in [-0.4, -0.2) is 31.1 Å². The summed E-state index contributed by atoms with van der Waals surface area (Å²) in [7, 11) is 0. The van der Waals surface area contributed by atoms with Gasteiger partial charge in [0.05, 0.1) is 5.56 Å². The second-order valence-corrected chi connectivity index (χ2v) is 6.75. The Labute approximate surface area is 148 Å². The van der Waals surface area contributed by atoms with Gasteiger partial charge < -0.3 is 5.32 Å². The van der Waals surface area contributed by atoms with Crippen LogP contribution >= 0.6 is 12.4 Å². The van der Waals surface area contributed by atoms with Crippen molar-refractivity contribution in [2.24, 2.45) is 5.92 Å². The molecule has 1 aliphatic heterocycles. The molecule has 1 saturated heterocycles. The summed E-state index contributed by atoms with van der Waals surface area (Å²) in [5.74, 6) is 0.477. The monoisotopic (exact) mass is 362 g/mol. The molecule has 1 aromatic rings. The Morgan fingerprint density at radius 1 is 1.04 bits per heavy atom. The average Bonchev–Trinajstić information content (AvgIpc) is 2.57. The van der Waals surface area contributed by atoms with Crippen LogP contribution < -0.4 is 5.32 Å². The van der Waals surface area contributed by atoms with E-state index < -0.39 is 11.7 Å². The van der Waals surface area contributed by atoms with Gasteiger partial charge in [0.1, 0.15) is 0 Å².